The molecular weight excluding hydrogens is 275 g/mol. The second-order valence-electron chi connectivity index (χ2n) is 5.78. The highest BCUT2D eigenvalue weighted by atomic mass is 19.4. The third-order valence-electron chi connectivity index (χ3n) is 3.16. The molecule has 0 saturated heterocycles. The Balaban J connectivity index is 2.99. The van der Waals surface area contributed by atoms with Gasteiger partial charge in [-0.15, -0.1) is 0 Å². The molecule has 1 amide bonds. The van der Waals surface area contributed by atoms with E-state index in [0.717, 1.165) is 10.0 Å². The Morgan fingerprint density at radius 3 is 2.20 bits per heavy atom. The molecule has 0 aromatic rings. The summed E-state index contributed by atoms with van der Waals surface area (Å²) in [6, 6.07) is 0. The quantitative estimate of drug-likeness (QED) is 0.800. The van der Waals surface area contributed by atoms with Crippen molar-refractivity contribution >= 4 is 5.91 Å². The number of nitrogens with zero attached hydrogens (tertiary/aromatic N) is 2. The van der Waals surface area contributed by atoms with Crippen LogP contribution in [0.5, 0.6) is 0 Å². The van der Waals surface area contributed by atoms with E-state index in [1.165, 1.54) is 14.1 Å². The SMILES string of the molecule is CN1C(C(F)(F)F)=C(CNC(=O)C(C)(C)C)C(O)N1C. The molecule has 0 aliphatic carbocycles. The number of aliphatic hydroxyl groups excluding tert-OH is 1. The van der Waals surface area contributed by atoms with E-state index in [1.807, 2.05) is 0 Å². The van der Waals surface area contributed by atoms with Crippen LogP contribution in [0, 0.1) is 5.41 Å². The van der Waals surface area contributed by atoms with Crippen LogP contribution in [0.25, 0.3) is 0 Å². The number of hydrogen-bond acceptors (Lipinski definition) is 4. The third-order valence-corrected chi connectivity index (χ3v) is 3.16. The first-order chi connectivity index (χ1) is 8.87. The summed E-state index contributed by atoms with van der Waals surface area (Å²) in [6.45, 7) is 4.63. The van der Waals surface area contributed by atoms with Crippen LogP contribution in [0.3, 0.4) is 0 Å². The molecule has 1 atom stereocenters. The van der Waals surface area contributed by atoms with Crippen LogP contribution in [0.15, 0.2) is 11.3 Å². The molecule has 1 unspecified atom stereocenters. The molecule has 1 aliphatic heterocycles. The van der Waals surface area contributed by atoms with Gasteiger partial charge in [0.15, 0.2) is 0 Å². The summed E-state index contributed by atoms with van der Waals surface area (Å²) in [7, 11) is 2.56. The fourth-order valence-electron chi connectivity index (χ4n) is 1.86. The van der Waals surface area contributed by atoms with Crippen molar-refractivity contribution in [3.63, 3.8) is 0 Å². The van der Waals surface area contributed by atoms with Gasteiger partial charge < -0.3 is 15.4 Å². The van der Waals surface area contributed by atoms with E-state index in [1.54, 1.807) is 20.8 Å². The highest BCUT2D eigenvalue weighted by molar-refractivity contribution is 5.81. The highest BCUT2D eigenvalue weighted by Crippen LogP contribution is 2.37. The number of halogens is 3. The van der Waals surface area contributed by atoms with Crippen LogP contribution < -0.4 is 5.32 Å². The molecule has 0 bridgehead atoms. The molecule has 0 fully saturated rings. The van der Waals surface area contributed by atoms with Crippen molar-refractivity contribution in [1.29, 1.82) is 0 Å². The molecule has 1 rings (SSSR count). The maximum absolute atomic E-state index is 13.0. The lowest BCUT2D eigenvalue weighted by Gasteiger charge is -2.26. The molecule has 0 saturated carbocycles. The van der Waals surface area contributed by atoms with Gasteiger partial charge in [0.25, 0.3) is 0 Å². The van der Waals surface area contributed by atoms with Crippen LogP contribution in [-0.2, 0) is 4.79 Å². The molecule has 8 heteroatoms. The van der Waals surface area contributed by atoms with E-state index in [-0.39, 0.29) is 18.0 Å². The largest absolute Gasteiger partial charge is 0.432 e. The molecule has 20 heavy (non-hydrogen) atoms. The van der Waals surface area contributed by atoms with Crippen LogP contribution in [-0.4, -0.2) is 54.1 Å². The zero-order valence-corrected chi connectivity index (χ0v) is 12.2. The maximum atomic E-state index is 13.0. The Labute approximate surface area is 116 Å². The van der Waals surface area contributed by atoms with Crippen molar-refractivity contribution in [2.24, 2.45) is 5.41 Å². The van der Waals surface area contributed by atoms with Crippen LogP contribution in [0.4, 0.5) is 13.2 Å². The van der Waals surface area contributed by atoms with Gasteiger partial charge in [-0.2, -0.15) is 18.2 Å². The number of nitrogens with one attached hydrogen (secondary N) is 1. The topological polar surface area (TPSA) is 55.8 Å². The van der Waals surface area contributed by atoms with E-state index in [2.05, 4.69) is 5.32 Å². The molecule has 5 nitrogen and oxygen atoms in total. The van der Waals surface area contributed by atoms with Gasteiger partial charge in [0, 0.05) is 31.6 Å². The average Bonchev–Trinajstić information content (AvgIpc) is 2.48. The highest BCUT2D eigenvalue weighted by Gasteiger charge is 2.47. The fourth-order valence-corrected chi connectivity index (χ4v) is 1.86. The van der Waals surface area contributed by atoms with Crippen molar-refractivity contribution in [3.8, 4) is 0 Å². The molecule has 2 N–H and O–H groups in total. The molecular formula is C12H20F3N3O2. The van der Waals surface area contributed by atoms with Gasteiger partial charge in [-0.05, 0) is 0 Å². The van der Waals surface area contributed by atoms with E-state index < -0.39 is 23.5 Å². The smallest absolute Gasteiger partial charge is 0.373 e. The minimum Gasteiger partial charge on any atom is -0.373 e. The normalized spacial score (nSPS) is 21.6. The summed E-state index contributed by atoms with van der Waals surface area (Å²) in [5, 5.41) is 14.2. The first-order valence-corrected chi connectivity index (χ1v) is 6.10. The van der Waals surface area contributed by atoms with E-state index in [9.17, 15) is 23.1 Å². The lowest BCUT2D eigenvalue weighted by Crippen LogP contribution is -2.40. The van der Waals surface area contributed by atoms with E-state index >= 15 is 0 Å². The van der Waals surface area contributed by atoms with Gasteiger partial charge in [-0.1, -0.05) is 20.8 Å². The molecule has 1 heterocycles. The summed E-state index contributed by atoms with van der Waals surface area (Å²) < 4.78 is 39.0. The Morgan fingerprint density at radius 1 is 1.30 bits per heavy atom. The number of hydrogen-bond donors (Lipinski definition) is 2. The number of amides is 1. The second kappa shape index (κ2) is 5.25. The molecule has 1 aliphatic rings. The fraction of sp³-hybridized carbons (Fsp3) is 0.750. The Bertz CT molecular complexity index is 427. The average molecular weight is 295 g/mol. The van der Waals surface area contributed by atoms with Crippen LogP contribution in [0.2, 0.25) is 0 Å². The standard InChI is InChI=1S/C12H20F3N3O2/c1-11(2,3)10(20)16-6-7-8(12(13,14)15)17(4)18(5)9(7)19/h9,19H,6H2,1-5H3,(H,16,20). The number of hydrazine groups is 1. The minimum absolute atomic E-state index is 0.264. The minimum atomic E-state index is -4.59. The second-order valence-corrected chi connectivity index (χ2v) is 5.78. The predicted octanol–water partition coefficient (Wildman–Crippen LogP) is 1.08. The van der Waals surface area contributed by atoms with Crippen molar-refractivity contribution in [1.82, 2.24) is 15.3 Å². The Morgan fingerprint density at radius 2 is 1.80 bits per heavy atom. The number of allylic oxidation sites excluding steroid dienone is 1. The van der Waals surface area contributed by atoms with E-state index in [4.69, 9.17) is 0 Å². The van der Waals surface area contributed by atoms with Gasteiger partial charge in [0.2, 0.25) is 5.91 Å². The summed E-state index contributed by atoms with van der Waals surface area (Å²) in [4.78, 5) is 11.7. The first kappa shape index (κ1) is 16.8. The summed E-state index contributed by atoms with van der Waals surface area (Å²) in [5.41, 5.74) is -1.91. The molecule has 0 aromatic carbocycles. The third kappa shape index (κ3) is 3.24. The summed E-state index contributed by atoms with van der Waals surface area (Å²) >= 11 is 0. The monoisotopic (exact) mass is 295 g/mol. The number of carbonyl (C=O) groups excluding carboxylic acids is 1. The Hall–Kier alpha value is -1.28. The zero-order chi connectivity index (χ0) is 15.9. The molecule has 0 spiro atoms. The molecule has 0 radical (unpaired) electrons. The summed E-state index contributed by atoms with van der Waals surface area (Å²) in [5.74, 6) is -0.379. The number of aliphatic hydroxyl groups is 1. The van der Waals surface area contributed by atoms with E-state index in [0.29, 0.717) is 0 Å². The predicted molar refractivity (Wildman–Crippen MR) is 67.1 cm³/mol. The maximum Gasteiger partial charge on any atom is 0.432 e. The van der Waals surface area contributed by atoms with Gasteiger partial charge in [0.05, 0.1) is 0 Å². The number of carbonyl (C=O) groups is 1. The zero-order valence-electron chi connectivity index (χ0n) is 12.2. The number of rotatable bonds is 2. The van der Waals surface area contributed by atoms with Gasteiger partial charge >= 0.3 is 6.18 Å². The molecule has 0 aromatic heterocycles. The van der Waals surface area contributed by atoms with Crippen molar-refractivity contribution in [3.05, 3.63) is 11.3 Å². The van der Waals surface area contributed by atoms with Gasteiger partial charge in [0.1, 0.15) is 11.9 Å². The van der Waals surface area contributed by atoms with Crippen molar-refractivity contribution in [2.45, 2.75) is 33.2 Å². The van der Waals surface area contributed by atoms with Gasteiger partial charge in [-0.25, -0.2) is 0 Å². The lowest BCUT2D eigenvalue weighted by molar-refractivity contribution is -0.133. The number of likely N-dealkylation sites (N-methyl/N-ethyl adjacent to an activating group) is 1. The van der Waals surface area contributed by atoms with Crippen LogP contribution in [0.1, 0.15) is 20.8 Å². The van der Waals surface area contributed by atoms with Gasteiger partial charge in [-0.3, -0.25) is 4.79 Å². The molecule has 116 valence electrons. The van der Waals surface area contributed by atoms with Crippen molar-refractivity contribution < 1.29 is 23.1 Å². The van der Waals surface area contributed by atoms with Crippen molar-refractivity contribution in [2.75, 3.05) is 20.6 Å². The van der Waals surface area contributed by atoms with Crippen LogP contribution >= 0.6 is 0 Å². The number of alkyl halides is 3. The first-order valence-electron chi connectivity index (χ1n) is 6.10. The summed E-state index contributed by atoms with van der Waals surface area (Å²) in [6.07, 6.45) is -6.00. The Kier molecular flexibility index (Phi) is 4.40. The lowest BCUT2D eigenvalue weighted by atomic mass is 9.95.